The van der Waals surface area contributed by atoms with Gasteiger partial charge in [-0.1, -0.05) is 42.5 Å². The zero-order valence-corrected chi connectivity index (χ0v) is 17.6. The van der Waals surface area contributed by atoms with E-state index in [1.54, 1.807) is 30.3 Å². The molecule has 31 heavy (non-hydrogen) atoms. The number of carboxylic acids is 1. The van der Waals surface area contributed by atoms with Gasteiger partial charge in [0.05, 0.1) is 4.47 Å². The summed E-state index contributed by atoms with van der Waals surface area (Å²) in [7, 11) is 0. The number of halogens is 1. The SMILES string of the molecule is O=C(O)/C(=C/c1ccc(Oc2ccccc2Br)cc1)NC(=O)c1ccccc1C(O)O. The van der Waals surface area contributed by atoms with Crippen molar-refractivity contribution in [3.8, 4) is 11.5 Å². The number of aliphatic hydroxyl groups excluding tert-OH is 1. The maximum Gasteiger partial charge on any atom is 0.352 e. The van der Waals surface area contributed by atoms with E-state index in [9.17, 15) is 24.9 Å². The summed E-state index contributed by atoms with van der Waals surface area (Å²) >= 11 is 3.40. The second-order valence-corrected chi connectivity index (χ2v) is 7.23. The van der Waals surface area contributed by atoms with E-state index in [-0.39, 0.29) is 16.8 Å². The first-order valence-corrected chi connectivity index (χ1v) is 9.88. The summed E-state index contributed by atoms with van der Waals surface area (Å²) in [6.45, 7) is 0. The maximum atomic E-state index is 12.5. The van der Waals surface area contributed by atoms with Crippen LogP contribution in [0.4, 0.5) is 0 Å². The standard InChI is InChI=1S/C23H18BrNO6/c24-18-7-3-4-8-20(18)31-15-11-9-14(10-12-15)13-19(23(29)30)25-21(26)16-5-1-2-6-17(16)22(27)28/h1-13,22,27-28H,(H,25,26)(H,29,30)/b19-13-. The van der Waals surface area contributed by atoms with Crippen molar-refractivity contribution >= 4 is 33.9 Å². The first-order chi connectivity index (χ1) is 14.8. The molecule has 0 aliphatic rings. The third-order valence-corrected chi connectivity index (χ3v) is 4.87. The summed E-state index contributed by atoms with van der Waals surface area (Å²) in [5.74, 6) is -0.931. The molecule has 0 aliphatic carbocycles. The Hall–Kier alpha value is -3.46. The highest BCUT2D eigenvalue weighted by Gasteiger charge is 2.18. The van der Waals surface area contributed by atoms with Crippen LogP contribution in [-0.2, 0) is 4.79 Å². The summed E-state index contributed by atoms with van der Waals surface area (Å²) in [6, 6.07) is 19.8. The molecule has 0 aromatic heterocycles. The summed E-state index contributed by atoms with van der Waals surface area (Å²) in [6.07, 6.45) is -0.572. The van der Waals surface area contributed by atoms with Crippen molar-refractivity contribution in [1.82, 2.24) is 5.32 Å². The predicted molar refractivity (Wildman–Crippen MR) is 117 cm³/mol. The van der Waals surface area contributed by atoms with Crippen molar-refractivity contribution in [2.45, 2.75) is 6.29 Å². The fraction of sp³-hybridized carbons (Fsp3) is 0.0435. The molecule has 0 atom stereocenters. The topological polar surface area (TPSA) is 116 Å². The highest BCUT2D eigenvalue weighted by Crippen LogP contribution is 2.29. The number of ether oxygens (including phenoxy) is 1. The minimum atomic E-state index is -1.86. The van der Waals surface area contributed by atoms with Crippen LogP contribution in [-0.4, -0.2) is 27.2 Å². The molecule has 0 aliphatic heterocycles. The maximum absolute atomic E-state index is 12.5. The molecular formula is C23H18BrNO6. The van der Waals surface area contributed by atoms with Crippen LogP contribution in [0.5, 0.6) is 11.5 Å². The third kappa shape index (κ3) is 5.79. The lowest BCUT2D eigenvalue weighted by Crippen LogP contribution is -2.28. The number of carbonyl (C=O) groups excluding carboxylic acids is 1. The summed E-state index contributed by atoms with van der Waals surface area (Å²) in [5, 5.41) is 30.6. The van der Waals surface area contributed by atoms with Gasteiger partial charge in [0.15, 0.2) is 6.29 Å². The highest BCUT2D eigenvalue weighted by molar-refractivity contribution is 9.10. The number of hydrogen-bond donors (Lipinski definition) is 4. The number of aliphatic carboxylic acids is 1. The van der Waals surface area contributed by atoms with E-state index in [4.69, 9.17) is 4.74 Å². The molecule has 7 nitrogen and oxygen atoms in total. The number of nitrogens with one attached hydrogen (secondary N) is 1. The Morgan fingerprint density at radius 2 is 1.58 bits per heavy atom. The number of amides is 1. The Labute approximate surface area is 186 Å². The summed E-state index contributed by atoms with van der Waals surface area (Å²) in [5.41, 5.74) is 0.0829. The molecule has 3 aromatic rings. The number of carbonyl (C=O) groups is 2. The first-order valence-electron chi connectivity index (χ1n) is 9.09. The normalized spacial score (nSPS) is 11.3. The summed E-state index contributed by atoms with van der Waals surface area (Å²) in [4.78, 5) is 24.1. The van der Waals surface area contributed by atoms with Gasteiger partial charge in [-0.05, 0) is 57.9 Å². The number of hydrogen-bond acceptors (Lipinski definition) is 5. The number of aliphatic hydroxyl groups is 2. The molecule has 0 fully saturated rings. The molecule has 0 radical (unpaired) electrons. The van der Waals surface area contributed by atoms with Crippen molar-refractivity contribution in [1.29, 1.82) is 0 Å². The second kappa shape index (κ2) is 10.0. The van der Waals surface area contributed by atoms with Crippen LogP contribution >= 0.6 is 15.9 Å². The second-order valence-electron chi connectivity index (χ2n) is 6.38. The Morgan fingerprint density at radius 1 is 0.935 bits per heavy atom. The third-order valence-electron chi connectivity index (χ3n) is 4.22. The van der Waals surface area contributed by atoms with Crippen LogP contribution in [0.2, 0.25) is 0 Å². The van der Waals surface area contributed by atoms with E-state index >= 15 is 0 Å². The number of rotatable bonds is 7. The quantitative estimate of drug-likeness (QED) is 0.297. The zero-order valence-electron chi connectivity index (χ0n) is 16.0. The van der Waals surface area contributed by atoms with Gasteiger partial charge in [-0.25, -0.2) is 4.79 Å². The van der Waals surface area contributed by atoms with Crippen LogP contribution < -0.4 is 10.1 Å². The lowest BCUT2D eigenvalue weighted by molar-refractivity contribution is -0.132. The van der Waals surface area contributed by atoms with Crippen molar-refractivity contribution in [2.24, 2.45) is 0 Å². The Kier molecular flexibility index (Phi) is 7.19. The van der Waals surface area contributed by atoms with Crippen LogP contribution in [0.15, 0.2) is 83.0 Å². The van der Waals surface area contributed by atoms with Crippen LogP contribution in [0.1, 0.15) is 27.8 Å². The summed E-state index contributed by atoms with van der Waals surface area (Å²) < 4.78 is 6.57. The molecule has 3 aromatic carbocycles. The zero-order chi connectivity index (χ0) is 22.4. The van der Waals surface area contributed by atoms with Gasteiger partial charge < -0.3 is 25.4 Å². The smallest absolute Gasteiger partial charge is 0.352 e. The van der Waals surface area contributed by atoms with Crippen molar-refractivity contribution in [3.63, 3.8) is 0 Å². The fourth-order valence-electron chi connectivity index (χ4n) is 2.72. The average Bonchev–Trinajstić information content (AvgIpc) is 2.76. The van der Waals surface area contributed by atoms with Gasteiger partial charge >= 0.3 is 5.97 Å². The highest BCUT2D eigenvalue weighted by atomic mass is 79.9. The van der Waals surface area contributed by atoms with Gasteiger partial charge in [-0.2, -0.15) is 0 Å². The molecule has 4 N–H and O–H groups in total. The first kappa shape index (κ1) is 22.2. The molecular weight excluding hydrogens is 466 g/mol. The number of para-hydroxylation sites is 1. The van der Waals surface area contributed by atoms with Gasteiger partial charge in [0, 0.05) is 11.1 Å². The van der Waals surface area contributed by atoms with Crippen LogP contribution in [0.25, 0.3) is 6.08 Å². The van der Waals surface area contributed by atoms with E-state index in [1.165, 1.54) is 30.3 Å². The Morgan fingerprint density at radius 3 is 2.23 bits per heavy atom. The lowest BCUT2D eigenvalue weighted by Gasteiger charge is -2.12. The van der Waals surface area contributed by atoms with E-state index in [2.05, 4.69) is 21.2 Å². The molecule has 0 saturated carbocycles. The molecule has 3 rings (SSSR count). The number of carboxylic acid groups (broad SMARTS) is 1. The van der Waals surface area contributed by atoms with Crippen molar-refractivity contribution in [2.75, 3.05) is 0 Å². The predicted octanol–water partition coefficient (Wildman–Crippen LogP) is 4.08. The van der Waals surface area contributed by atoms with Crippen molar-refractivity contribution < 1.29 is 29.6 Å². The van der Waals surface area contributed by atoms with Gasteiger partial charge in [-0.15, -0.1) is 0 Å². The minimum absolute atomic E-state index is 0.0293. The molecule has 8 heteroatoms. The molecule has 1 amide bonds. The monoisotopic (exact) mass is 483 g/mol. The Balaban J connectivity index is 1.79. The molecule has 0 saturated heterocycles. The van der Waals surface area contributed by atoms with Crippen LogP contribution in [0, 0.1) is 0 Å². The van der Waals surface area contributed by atoms with Gasteiger partial charge in [-0.3, -0.25) is 4.79 Å². The molecule has 0 unspecified atom stereocenters. The largest absolute Gasteiger partial charge is 0.477 e. The van der Waals surface area contributed by atoms with Gasteiger partial charge in [0.25, 0.3) is 5.91 Å². The van der Waals surface area contributed by atoms with E-state index in [0.29, 0.717) is 17.1 Å². The number of benzene rings is 3. The molecule has 0 heterocycles. The van der Waals surface area contributed by atoms with Crippen molar-refractivity contribution in [3.05, 3.63) is 99.7 Å². The van der Waals surface area contributed by atoms with E-state index in [1.807, 2.05) is 18.2 Å². The van der Waals surface area contributed by atoms with E-state index < -0.39 is 18.2 Å². The van der Waals surface area contributed by atoms with E-state index in [0.717, 1.165) is 4.47 Å². The van der Waals surface area contributed by atoms with Gasteiger partial charge in [0.2, 0.25) is 0 Å². The lowest BCUT2D eigenvalue weighted by atomic mass is 10.1. The fourth-order valence-corrected chi connectivity index (χ4v) is 3.09. The molecule has 158 valence electrons. The van der Waals surface area contributed by atoms with Gasteiger partial charge in [0.1, 0.15) is 17.2 Å². The Bertz CT molecular complexity index is 1120. The minimum Gasteiger partial charge on any atom is -0.477 e. The average molecular weight is 484 g/mol. The van der Waals surface area contributed by atoms with Crippen LogP contribution in [0.3, 0.4) is 0 Å². The molecule has 0 bridgehead atoms. The molecule has 0 spiro atoms.